The number of thiophene rings is 1. The molecule has 0 spiro atoms. The average Bonchev–Trinajstić information content (AvgIpc) is 3.28. The topological polar surface area (TPSA) is 26.3 Å². The molecule has 0 amide bonds. The molecule has 0 saturated heterocycles. The SMILES string of the molecule is C#CC(C)(OC(=O)c1ccc(-[s+]2ccc3ccccc32)cc1)C1C(=C)CCC1(C)C. The van der Waals surface area contributed by atoms with Gasteiger partial charge in [0.15, 0.2) is 15.2 Å². The molecule has 1 heterocycles. The molecule has 30 heavy (non-hydrogen) atoms. The van der Waals surface area contributed by atoms with Crippen molar-refractivity contribution in [3.63, 3.8) is 0 Å². The van der Waals surface area contributed by atoms with Gasteiger partial charge in [-0.15, -0.1) is 6.42 Å². The Balaban J connectivity index is 1.58. The van der Waals surface area contributed by atoms with Crippen LogP contribution in [0.4, 0.5) is 0 Å². The van der Waals surface area contributed by atoms with Crippen LogP contribution in [0.15, 0.2) is 72.1 Å². The summed E-state index contributed by atoms with van der Waals surface area (Å²) in [5, 5.41) is 3.48. The maximum atomic E-state index is 13.0. The first-order valence-electron chi connectivity index (χ1n) is 10.2. The molecule has 0 N–H and O–H groups in total. The largest absolute Gasteiger partial charge is 0.442 e. The van der Waals surface area contributed by atoms with Gasteiger partial charge in [-0.2, -0.15) is 0 Å². The number of rotatable bonds is 4. The molecule has 3 heteroatoms. The van der Waals surface area contributed by atoms with Crippen molar-refractivity contribution in [2.75, 3.05) is 0 Å². The molecule has 0 aliphatic heterocycles. The van der Waals surface area contributed by atoms with Gasteiger partial charge in [-0.25, -0.2) is 4.79 Å². The number of hydrogen-bond acceptors (Lipinski definition) is 2. The Kier molecular flexibility index (Phi) is 5.08. The number of hydrogen-bond donors (Lipinski definition) is 0. The van der Waals surface area contributed by atoms with E-state index in [-0.39, 0.29) is 27.8 Å². The number of fused-ring (bicyclic) bond motifs is 1. The van der Waals surface area contributed by atoms with Crippen molar-refractivity contribution < 1.29 is 9.53 Å². The van der Waals surface area contributed by atoms with Crippen molar-refractivity contribution in [3.8, 4) is 17.2 Å². The summed E-state index contributed by atoms with van der Waals surface area (Å²) in [6.45, 7) is 10.4. The maximum absolute atomic E-state index is 13.0. The van der Waals surface area contributed by atoms with Gasteiger partial charge in [0.25, 0.3) is 0 Å². The van der Waals surface area contributed by atoms with Crippen LogP contribution in [0.1, 0.15) is 44.0 Å². The zero-order valence-electron chi connectivity index (χ0n) is 17.8. The standard InChI is InChI=1S/C27H27O2S/c1-6-27(5,24-19(2)15-17-26(24,3)4)29-25(28)21-11-13-22(14-12-21)30-18-16-20-9-7-8-10-23(20)30/h1,7-14,16,18,24H,2,15,17H2,3-5H3/q+1. The lowest BCUT2D eigenvalue weighted by atomic mass is 9.71. The fourth-order valence-electron chi connectivity index (χ4n) is 4.86. The van der Waals surface area contributed by atoms with Crippen LogP contribution in [-0.2, 0) is 4.74 Å². The normalized spacial score (nSPS) is 20.5. The fourth-order valence-corrected chi connectivity index (χ4v) is 6.74. The second-order valence-corrected chi connectivity index (χ2v) is 10.8. The van der Waals surface area contributed by atoms with Gasteiger partial charge >= 0.3 is 5.97 Å². The van der Waals surface area contributed by atoms with E-state index >= 15 is 0 Å². The van der Waals surface area contributed by atoms with E-state index in [1.807, 2.05) is 31.2 Å². The van der Waals surface area contributed by atoms with Crippen molar-refractivity contribution in [1.82, 2.24) is 0 Å². The first-order chi connectivity index (χ1) is 14.2. The molecular formula is C27H27O2S+. The van der Waals surface area contributed by atoms with E-state index in [2.05, 4.69) is 62.1 Å². The summed E-state index contributed by atoms with van der Waals surface area (Å²) in [4.78, 5) is 14.1. The Morgan fingerprint density at radius 2 is 1.90 bits per heavy atom. The van der Waals surface area contributed by atoms with E-state index in [1.54, 1.807) is 0 Å². The van der Waals surface area contributed by atoms with Crippen molar-refractivity contribution in [2.45, 2.75) is 39.2 Å². The molecule has 3 unspecified atom stereocenters. The summed E-state index contributed by atoms with van der Waals surface area (Å²) >= 11 is 0. The summed E-state index contributed by atoms with van der Waals surface area (Å²) < 4.78 is 7.25. The fraction of sp³-hybridized carbons (Fsp3) is 0.296. The second kappa shape index (κ2) is 7.45. The molecule has 1 saturated carbocycles. The van der Waals surface area contributed by atoms with Gasteiger partial charge in [-0.1, -0.05) is 44.1 Å². The van der Waals surface area contributed by atoms with Crippen LogP contribution < -0.4 is 0 Å². The molecule has 3 aromatic rings. The van der Waals surface area contributed by atoms with E-state index in [9.17, 15) is 4.79 Å². The van der Waals surface area contributed by atoms with E-state index in [0.29, 0.717) is 5.56 Å². The van der Waals surface area contributed by atoms with Crippen LogP contribution in [0.2, 0.25) is 0 Å². The number of carbonyl (C=O) groups is 1. The number of esters is 1. The van der Waals surface area contributed by atoms with Gasteiger partial charge in [-0.3, -0.25) is 0 Å². The van der Waals surface area contributed by atoms with Gasteiger partial charge < -0.3 is 4.74 Å². The Bertz CT molecular complexity index is 1160. The van der Waals surface area contributed by atoms with Crippen LogP contribution in [0.25, 0.3) is 15.0 Å². The summed E-state index contributed by atoms with van der Waals surface area (Å²) in [6.07, 6.45) is 7.79. The third-order valence-electron chi connectivity index (χ3n) is 6.31. The Morgan fingerprint density at radius 3 is 2.53 bits per heavy atom. The molecule has 1 fully saturated rings. The monoisotopic (exact) mass is 415 g/mol. The molecule has 2 nitrogen and oxygen atoms in total. The van der Waals surface area contributed by atoms with E-state index in [0.717, 1.165) is 18.4 Å². The summed E-state index contributed by atoms with van der Waals surface area (Å²) in [7, 11) is -0.101. The zero-order chi connectivity index (χ0) is 21.5. The van der Waals surface area contributed by atoms with E-state index in [1.165, 1.54) is 15.0 Å². The second-order valence-electron chi connectivity index (χ2n) is 8.92. The van der Waals surface area contributed by atoms with Crippen LogP contribution in [0.5, 0.6) is 0 Å². The van der Waals surface area contributed by atoms with Crippen molar-refractivity contribution in [3.05, 3.63) is 77.7 Å². The minimum absolute atomic E-state index is 0.0499. The van der Waals surface area contributed by atoms with Gasteiger partial charge in [0.05, 0.1) is 5.56 Å². The number of terminal acetylenes is 1. The summed E-state index contributed by atoms with van der Waals surface area (Å²) in [5.41, 5.74) is 0.520. The molecular weight excluding hydrogens is 388 g/mol. The van der Waals surface area contributed by atoms with Crippen molar-refractivity contribution in [2.24, 2.45) is 11.3 Å². The molecule has 3 atom stereocenters. The molecule has 0 bridgehead atoms. The highest BCUT2D eigenvalue weighted by Gasteiger charge is 2.50. The summed E-state index contributed by atoms with van der Waals surface area (Å²) in [6, 6.07) is 18.3. The van der Waals surface area contributed by atoms with Gasteiger partial charge in [0, 0.05) is 27.8 Å². The highest BCUT2D eigenvalue weighted by Crippen LogP contribution is 2.51. The molecule has 2 aromatic carbocycles. The predicted octanol–water partition coefficient (Wildman–Crippen LogP) is 7.12. The number of benzene rings is 2. The lowest BCUT2D eigenvalue weighted by Crippen LogP contribution is -2.43. The molecule has 1 aromatic heterocycles. The Morgan fingerprint density at radius 1 is 1.20 bits per heavy atom. The highest BCUT2D eigenvalue weighted by atomic mass is 32.2. The highest BCUT2D eigenvalue weighted by molar-refractivity contribution is 7.43. The molecule has 1 aliphatic rings. The van der Waals surface area contributed by atoms with Gasteiger partial charge in [-0.05, 0) is 61.6 Å². The molecule has 0 radical (unpaired) electrons. The predicted molar refractivity (Wildman–Crippen MR) is 126 cm³/mol. The third-order valence-corrected chi connectivity index (χ3v) is 8.34. The average molecular weight is 416 g/mol. The molecule has 1 aliphatic carbocycles. The maximum Gasteiger partial charge on any atom is 0.339 e. The summed E-state index contributed by atoms with van der Waals surface area (Å²) in [5.74, 6) is 2.32. The minimum atomic E-state index is -1.01. The van der Waals surface area contributed by atoms with E-state index in [4.69, 9.17) is 11.2 Å². The Hall–Kier alpha value is -2.83. The lowest BCUT2D eigenvalue weighted by molar-refractivity contribution is -0.0208. The van der Waals surface area contributed by atoms with Crippen LogP contribution in [0.3, 0.4) is 0 Å². The Labute approximate surface area is 181 Å². The van der Waals surface area contributed by atoms with Crippen molar-refractivity contribution in [1.29, 1.82) is 0 Å². The number of carbonyl (C=O) groups excluding carboxylic acids is 1. The molecule has 152 valence electrons. The van der Waals surface area contributed by atoms with Crippen LogP contribution >= 0.6 is 10.5 Å². The van der Waals surface area contributed by atoms with E-state index < -0.39 is 5.60 Å². The smallest absolute Gasteiger partial charge is 0.339 e. The quantitative estimate of drug-likeness (QED) is 0.196. The molecule has 4 rings (SSSR count). The van der Waals surface area contributed by atoms with Crippen LogP contribution in [0, 0.1) is 23.7 Å². The third kappa shape index (κ3) is 3.46. The van der Waals surface area contributed by atoms with Gasteiger partial charge in [0.1, 0.15) is 5.38 Å². The lowest BCUT2D eigenvalue weighted by Gasteiger charge is -2.39. The number of ether oxygens (including phenoxy) is 1. The van der Waals surface area contributed by atoms with Crippen molar-refractivity contribution >= 4 is 26.5 Å². The van der Waals surface area contributed by atoms with Crippen LogP contribution in [-0.4, -0.2) is 11.6 Å². The first-order valence-corrected chi connectivity index (χ1v) is 11.5. The zero-order valence-corrected chi connectivity index (χ0v) is 18.6. The first kappa shape index (κ1) is 20.4. The van der Waals surface area contributed by atoms with Gasteiger partial charge in [0.2, 0.25) is 0 Å². The minimum Gasteiger partial charge on any atom is -0.442 e.